The first kappa shape index (κ1) is 20.3. The average molecular weight is 335 g/mol. The van der Waals surface area contributed by atoms with Gasteiger partial charge in [0.05, 0.1) is 0 Å². The van der Waals surface area contributed by atoms with Crippen LogP contribution in [0.2, 0.25) is 0 Å². The molecule has 2 rings (SSSR count). The Hall–Kier alpha value is 0. The van der Waals surface area contributed by atoms with Gasteiger partial charge in [-0.2, -0.15) is 0 Å². The van der Waals surface area contributed by atoms with Crippen molar-refractivity contribution >= 4 is 0 Å². The first-order valence-corrected chi connectivity index (χ1v) is 11.8. The number of hydrogen-bond acceptors (Lipinski definition) is 0. The van der Waals surface area contributed by atoms with Crippen LogP contribution in [0.3, 0.4) is 0 Å². The van der Waals surface area contributed by atoms with E-state index in [1.165, 1.54) is 64.2 Å². The van der Waals surface area contributed by atoms with E-state index >= 15 is 0 Å². The predicted molar refractivity (Wildman–Crippen MR) is 108 cm³/mol. The molecular formula is C24H46. The minimum atomic E-state index is 1.09. The van der Waals surface area contributed by atoms with Crippen molar-refractivity contribution in [2.24, 2.45) is 23.7 Å². The molecule has 0 unspecified atom stereocenters. The van der Waals surface area contributed by atoms with Gasteiger partial charge in [-0.3, -0.25) is 0 Å². The van der Waals surface area contributed by atoms with Crippen molar-refractivity contribution in [2.45, 2.75) is 129 Å². The molecule has 2 aliphatic carbocycles. The molecule has 0 aliphatic heterocycles. The molecule has 0 atom stereocenters. The summed E-state index contributed by atoms with van der Waals surface area (Å²) in [6.45, 7) is 4.65. The molecule has 0 amide bonds. The number of unbranched alkanes of at least 4 members (excludes halogenated alkanes) is 6. The van der Waals surface area contributed by atoms with Crippen LogP contribution in [0, 0.1) is 23.7 Å². The maximum Gasteiger partial charge on any atom is -0.0386 e. The molecule has 0 bridgehead atoms. The van der Waals surface area contributed by atoms with Crippen molar-refractivity contribution in [3.63, 3.8) is 0 Å². The highest BCUT2D eigenvalue weighted by atomic mass is 14.4. The standard InChI is InChI=1S/C24H46/c1-3-5-7-9-11-21-13-17-23(18-14-21)24-19-15-22(16-20-24)12-10-8-6-4-2/h21-24H,3-20H2,1-2H3/t21-,22?,23-,24?. The summed E-state index contributed by atoms with van der Waals surface area (Å²) in [5, 5.41) is 0. The smallest absolute Gasteiger partial charge is 0.0386 e. The average Bonchev–Trinajstić information content (AvgIpc) is 2.64. The summed E-state index contributed by atoms with van der Waals surface area (Å²) in [6.07, 6.45) is 27.3. The summed E-state index contributed by atoms with van der Waals surface area (Å²) >= 11 is 0. The molecule has 2 aliphatic rings. The topological polar surface area (TPSA) is 0 Å². The van der Waals surface area contributed by atoms with E-state index in [2.05, 4.69) is 13.8 Å². The molecule has 24 heavy (non-hydrogen) atoms. The molecule has 0 saturated heterocycles. The third-order valence-electron chi connectivity index (χ3n) is 7.38. The molecule has 0 aromatic carbocycles. The summed E-state index contributed by atoms with van der Waals surface area (Å²) in [4.78, 5) is 0. The number of hydrogen-bond donors (Lipinski definition) is 0. The van der Waals surface area contributed by atoms with E-state index < -0.39 is 0 Å². The summed E-state index contributed by atoms with van der Waals surface area (Å²) < 4.78 is 0. The molecular weight excluding hydrogens is 288 g/mol. The molecule has 0 heterocycles. The molecule has 2 saturated carbocycles. The fraction of sp³-hybridized carbons (Fsp3) is 1.00. The van der Waals surface area contributed by atoms with Crippen LogP contribution in [-0.2, 0) is 0 Å². The summed E-state index contributed by atoms with van der Waals surface area (Å²) in [5.74, 6) is 4.40. The maximum atomic E-state index is 2.32. The molecule has 0 nitrogen and oxygen atoms in total. The highest BCUT2D eigenvalue weighted by Gasteiger charge is 2.30. The molecule has 2 fully saturated rings. The van der Waals surface area contributed by atoms with Gasteiger partial charge in [0.25, 0.3) is 0 Å². The van der Waals surface area contributed by atoms with Crippen molar-refractivity contribution in [1.82, 2.24) is 0 Å². The molecule has 0 aromatic rings. The van der Waals surface area contributed by atoms with Crippen LogP contribution in [0.5, 0.6) is 0 Å². The Kier molecular flexibility index (Phi) is 10.5. The van der Waals surface area contributed by atoms with E-state index in [9.17, 15) is 0 Å². The van der Waals surface area contributed by atoms with Crippen molar-refractivity contribution < 1.29 is 0 Å². The van der Waals surface area contributed by atoms with Gasteiger partial charge in [0.1, 0.15) is 0 Å². The summed E-state index contributed by atoms with van der Waals surface area (Å²) in [7, 11) is 0. The van der Waals surface area contributed by atoms with Gasteiger partial charge in [0.15, 0.2) is 0 Å². The predicted octanol–water partition coefficient (Wildman–Crippen LogP) is 8.54. The minimum Gasteiger partial charge on any atom is -0.0654 e. The first-order chi connectivity index (χ1) is 11.8. The van der Waals surface area contributed by atoms with E-state index in [0.717, 1.165) is 23.7 Å². The van der Waals surface area contributed by atoms with Crippen molar-refractivity contribution in [2.75, 3.05) is 0 Å². The summed E-state index contributed by atoms with van der Waals surface area (Å²) in [5.41, 5.74) is 0. The molecule has 142 valence electrons. The van der Waals surface area contributed by atoms with Crippen LogP contribution in [0.4, 0.5) is 0 Å². The lowest BCUT2D eigenvalue weighted by atomic mass is 9.68. The monoisotopic (exact) mass is 334 g/mol. The van der Waals surface area contributed by atoms with Crippen molar-refractivity contribution in [1.29, 1.82) is 0 Å². The second-order valence-electron chi connectivity index (χ2n) is 9.26. The van der Waals surface area contributed by atoms with E-state index in [1.54, 1.807) is 51.4 Å². The minimum absolute atomic E-state index is 1.09. The maximum absolute atomic E-state index is 2.32. The largest absolute Gasteiger partial charge is 0.0654 e. The van der Waals surface area contributed by atoms with Gasteiger partial charge in [0.2, 0.25) is 0 Å². The molecule has 0 N–H and O–H groups in total. The van der Waals surface area contributed by atoms with Crippen LogP contribution in [0.1, 0.15) is 129 Å². The third-order valence-corrected chi connectivity index (χ3v) is 7.38. The Morgan fingerprint density at radius 1 is 0.458 bits per heavy atom. The molecule has 0 heteroatoms. The summed E-state index contributed by atoms with van der Waals surface area (Å²) in [6, 6.07) is 0. The molecule has 0 spiro atoms. The molecule has 0 radical (unpaired) electrons. The fourth-order valence-corrected chi connectivity index (χ4v) is 5.62. The van der Waals surface area contributed by atoms with Gasteiger partial charge in [-0.15, -0.1) is 0 Å². The highest BCUT2D eigenvalue weighted by molar-refractivity contribution is 4.82. The SMILES string of the molecule is CCCCCCC1CCC([C@H]2CC[C@H](CCCCCC)CC2)CC1. The second-order valence-corrected chi connectivity index (χ2v) is 9.26. The van der Waals surface area contributed by atoms with Gasteiger partial charge in [-0.25, -0.2) is 0 Å². The zero-order valence-corrected chi connectivity index (χ0v) is 17.0. The lowest BCUT2D eigenvalue weighted by Crippen LogP contribution is -2.25. The Balaban J connectivity index is 1.54. The van der Waals surface area contributed by atoms with Gasteiger partial charge >= 0.3 is 0 Å². The number of rotatable bonds is 11. The Bertz CT molecular complexity index is 248. The van der Waals surface area contributed by atoms with Crippen molar-refractivity contribution in [3.05, 3.63) is 0 Å². The molecule has 0 aromatic heterocycles. The third kappa shape index (κ3) is 7.49. The Morgan fingerprint density at radius 2 is 0.833 bits per heavy atom. The fourth-order valence-electron chi connectivity index (χ4n) is 5.62. The van der Waals surface area contributed by atoms with Gasteiger partial charge in [-0.1, -0.05) is 104 Å². The van der Waals surface area contributed by atoms with Crippen LogP contribution in [0.25, 0.3) is 0 Å². The lowest BCUT2D eigenvalue weighted by Gasteiger charge is -2.38. The van der Waals surface area contributed by atoms with Gasteiger partial charge in [-0.05, 0) is 49.4 Å². The Morgan fingerprint density at radius 3 is 1.17 bits per heavy atom. The normalized spacial score (nSPS) is 31.2. The zero-order valence-electron chi connectivity index (χ0n) is 17.0. The van der Waals surface area contributed by atoms with Crippen LogP contribution >= 0.6 is 0 Å². The second kappa shape index (κ2) is 12.4. The van der Waals surface area contributed by atoms with Crippen LogP contribution < -0.4 is 0 Å². The lowest BCUT2D eigenvalue weighted by molar-refractivity contribution is 0.139. The quantitative estimate of drug-likeness (QED) is 0.332. The van der Waals surface area contributed by atoms with E-state index in [-0.39, 0.29) is 0 Å². The van der Waals surface area contributed by atoms with Gasteiger partial charge < -0.3 is 0 Å². The highest BCUT2D eigenvalue weighted by Crippen LogP contribution is 2.43. The van der Waals surface area contributed by atoms with Crippen LogP contribution in [-0.4, -0.2) is 0 Å². The van der Waals surface area contributed by atoms with E-state index in [0.29, 0.717) is 0 Å². The van der Waals surface area contributed by atoms with Gasteiger partial charge in [0, 0.05) is 0 Å². The zero-order chi connectivity index (χ0) is 17.0. The van der Waals surface area contributed by atoms with Crippen LogP contribution in [0.15, 0.2) is 0 Å². The first-order valence-electron chi connectivity index (χ1n) is 11.8. The Labute approximate surface area is 153 Å². The van der Waals surface area contributed by atoms with Crippen molar-refractivity contribution in [3.8, 4) is 0 Å². The van der Waals surface area contributed by atoms with E-state index in [4.69, 9.17) is 0 Å². The van der Waals surface area contributed by atoms with E-state index in [1.807, 2.05) is 0 Å².